The van der Waals surface area contributed by atoms with Crippen LogP contribution in [0.5, 0.6) is 0 Å². The summed E-state index contributed by atoms with van der Waals surface area (Å²) < 4.78 is 1.62. The van der Waals surface area contributed by atoms with E-state index < -0.39 is 0 Å². The maximum Gasteiger partial charge on any atom is 0.265 e. The molecule has 1 aliphatic rings. The second kappa shape index (κ2) is 7.56. The molecule has 4 rings (SSSR count). The molecule has 3 aromatic rings. The molecule has 2 N–H and O–H groups in total. The number of rotatable bonds is 6. The SMILES string of the molecule is CCCCc1ccc(NC(=O)CC2CSc3nc4[nH]ncc4c(=O)n32)cc1. The maximum atomic E-state index is 12.7. The summed E-state index contributed by atoms with van der Waals surface area (Å²) in [6.07, 6.45) is 5.11. The van der Waals surface area contributed by atoms with Gasteiger partial charge in [-0.05, 0) is 30.5 Å². The third-order valence-electron chi connectivity index (χ3n) is 4.73. The van der Waals surface area contributed by atoms with Crippen molar-refractivity contribution in [2.24, 2.45) is 0 Å². The zero-order valence-corrected chi connectivity index (χ0v) is 15.9. The number of anilines is 1. The third-order valence-corrected chi connectivity index (χ3v) is 5.83. The van der Waals surface area contributed by atoms with Crippen LogP contribution in [0.3, 0.4) is 0 Å². The molecule has 140 valence electrons. The third kappa shape index (κ3) is 3.62. The van der Waals surface area contributed by atoms with Crippen molar-refractivity contribution >= 4 is 34.4 Å². The van der Waals surface area contributed by atoms with Crippen molar-refractivity contribution in [2.75, 3.05) is 11.1 Å². The number of nitrogens with one attached hydrogen (secondary N) is 2. The van der Waals surface area contributed by atoms with Gasteiger partial charge in [0.2, 0.25) is 5.91 Å². The highest BCUT2D eigenvalue weighted by atomic mass is 32.2. The Bertz CT molecular complexity index is 1020. The first-order chi connectivity index (χ1) is 13.2. The Kier molecular flexibility index (Phi) is 4.98. The van der Waals surface area contributed by atoms with Crippen molar-refractivity contribution in [3.63, 3.8) is 0 Å². The average molecular weight is 383 g/mol. The highest BCUT2D eigenvalue weighted by Gasteiger charge is 2.28. The molecule has 0 spiro atoms. The van der Waals surface area contributed by atoms with Crippen LogP contribution in [0.4, 0.5) is 5.69 Å². The molecule has 1 amide bonds. The molecular weight excluding hydrogens is 362 g/mol. The van der Waals surface area contributed by atoms with E-state index in [1.165, 1.54) is 29.9 Å². The van der Waals surface area contributed by atoms with Gasteiger partial charge in [0, 0.05) is 17.9 Å². The Morgan fingerprint density at radius 1 is 1.37 bits per heavy atom. The molecule has 0 aliphatic carbocycles. The molecule has 2 aromatic heterocycles. The van der Waals surface area contributed by atoms with Crippen molar-refractivity contribution in [3.05, 3.63) is 46.4 Å². The molecule has 0 bridgehead atoms. The number of amides is 1. The van der Waals surface area contributed by atoms with Crippen LogP contribution in [0.1, 0.15) is 37.8 Å². The van der Waals surface area contributed by atoms with Gasteiger partial charge in [-0.25, -0.2) is 4.98 Å². The predicted octanol–water partition coefficient (Wildman–Crippen LogP) is 3.14. The molecule has 3 heterocycles. The number of fused-ring (bicyclic) bond motifs is 2. The predicted molar refractivity (Wildman–Crippen MR) is 106 cm³/mol. The number of nitrogens with zero attached hydrogens (tertiary/aromatic N) is 3. The highest BCUT2D eigenvalue weighted by molar-refractivity contribution is 7.99. The minimum absolute atomic E-state index is 0.103. The van der Waals surface area contributed by atoms with E-state index in [4.69, 9.17) is 0 Å². The van der Waals surface area contributed by atoms with Gasteiger partial charge in [-0.2, -0.15) is 5.10 Å². The van der Waals surface area contributed by atoms with Gasteiger partial charge < -0.3 is 5.32 Å². The molecule has 7 nitrogen and oxygen atoms in total. The number of unbranched alkanes of at least 4 members (excludes halogenated alkanes) is 1. The lowest BCUT2D eigenvalue weighted by molar-refractivity contribution is -0.116. The van der Waals surface area contributed by atoms with Crippen molar-refractivity contribution in [1.82, 2.24) is 19.7 Å². The van der Waals surface area contributed by atoms with Crippen molar-refractivity contribution in [2.45, 2.75) is 43.8 Å². The summed E-state index contributed by atoms with van der Waals surface area (Å²) in [7, 11) is 0. The van der Waals surface area contributed by atoms with Crippen LogP contribution in [0.25, 0.3) is 11.0 Å². The van der Waals surface area contributed by atoms with Crippen molar-refractivity contribution in [1.29, 1.82) is 0 Å². The molecule has 0 fully saturated rings. The fraction of sp³-hybridized carbons (Fsp3) is 0.368. The van der Waals surface area contributed by atoms with E-state index in [2.05, 4.69) is 39.6 Å². The first-order valence-electron chi connectivity index (χ1n) is 9.13. The van der Waals surface area contributed by atoms with Gasteiger partial charge in [0.1, 0.15) is 5.39 Å². The minimum Gasteiger partial charge on any atom is -0.326 e. The summed E-state index contributed by atoms with van der Waals surface area (Å²) >= 11 is 1.49. The minimum atomic E-state index is -0.201. The second-order valence-electron chi connectivity index (χ2n) is 6.72. The summed E-state index contributed by atoms with van der Waals surface area (Å²) in [6, 6.07) is 7.77. The van der Waals surface area contributed by atoms with Crippen molar-refractivity contribution in [3.8, 4) is 0 Å². The van der Waals surface area contributed by atoms with Gasteiger partial charge in [-0.3, -0.25) is 19.3 Å². The number of aryl methyl sites for hydroxylation is 1. The van der Waals surface area contributed by atoms with Crippen LogP contribution < -0.4 is 10.9 Å². The molecule has 8 heteroatoms. The lowest BCUT2D eigenvalue weighted by atomic mass is 10.1. The van der Waals surface area contributed by atoms with Crippen LogP contribution in [0, 0.1) is 0 Å². The quantitative estimate of drug-likeness (QED) is 0.638. The number of carbonyl (C=O) groups excluding carboxylic acids is 1. The van der Waals surface area contributed by atoms with E-state index >= 15 is 0 Å². The normalized spacial score (nSPS) is 15.8. The van der Waals surface area contributed by atoms with E-state index in [-0.39, 0.29) is 23.9 Å². The van der Waals surface area contributed by atoms with Gasteiger partial charge in [0.25, 0.3) is 5.56 Å². The Labute approximate surface area is 160 Å². The molecule has 1 aromatic carbocycles. The average Bonchev–Trinajstić information content (AvgIpc) is 3.29. The summed E-state index contributed by atoms with van der Waals surface area (Å²) in [4.78, 5) is 29.6. The standard InChI is InChI=1S/C19H21N5O2S/c1-2-3-4-12-5-7-13(8-6-12)21-16(25)9-14-11-27-19-22-17-15(10-20-23-17)18(26)24(14)19/h5-8,10,14H,2-4,9,11H2,1H3,(H,20,23)(H,21,25). The summed E-state index contributed by atoms with van der Waals surface area (Å²) in [5.41, 5.74) is 2.40. The van der Waals surface area contributed by atoms with Crippen LogP contribution in [-0.4, -0.2) is 31.4 Å². The molecule has 1 atom stereocenters. The van der Waals surface area contributed by atoms with Gasteiger partial charge in [0.05, 0.1) is 12.2 Å². The zero-order valence-electron chi connectivity index (χ0n) is 15.1. The van der Waals surface area contributed by atoms with Crippen LogP contribution in [-0.2, 0) is 11.2 Å². The number of hydrogen-bond acceptors (Lipinski definition) is 5. The van der Waals surface area contributed by atoms with Crippen LogP contribution >= 0.6 is 11.8 Å². The number of carbonyl (C=O) groups is 1. The van der Waals surface area contributed by atoms with E-state index in [1.54, 1.807) is 4.57 Å². The summed E-state index contributed by atoms with van der Waals surface area (Å²) in [5, 5.41) is 10.6. The van der Waals surface area contributed by atoms with Crippen LogP contribution in [0.15, 0.2) is 40.4 Å². The lowest BCUT2D eigenvalue weighted by Crippen LogP contribution is -2.27. The fourth-order valence-corrected chi connectivity index (χ4v) is 4.40. The fourth-order valence-electron chi connectivity index (χ4n) is 3.27. The topological polar surface area (TPSA) is 92.7 Å². The Morgan fingerprint density at radius 2 is 2.19 bits per heavy atom. The molecule has 0 radical (unpaired) electrons. The molecule has 0 saturated carbocycles. The number of aromatic nitrogens is 4. The number of H-pyrrole nitrogens is 1. The number of benzene rings is 1. The van der Waals surface area contributed by atoms with Gasteiger partial charge >= 0.3 is 0 Å². The zero-order chi connectivity index (χ0) is 18.8. The number of thioether (sulfide) groups is 1. The van der Waals surface area contributed by atoms with Crippen molar-refractivity contribution < 1.29 is 4.79 Å². The molecule has 1 aliphatic heterocycles. The monoisotopic (exact) mass is 383 g/mol. The van der Waals surface area contributed by atoms with Crippen LogP contribution in [0.2, 0.25) is 0 Å². The largest absolute Gasteiger partial charge is 0.326 e. The van der Waals surface area contributed by atoms with E-state index in [1.807, 2.05) is 12.1 Å². The maximum absolute atomic E-state index is 12.7. The Morgan fingerprint density at radius 3 is 2.96 bits per heavy atom. The smallest absolute Gasteiger partial charge is 0.265 e. The Balaban J connectivity index is 1.45. The Hall–Kier alpha value is -2.61. The lowest BCUT2D eigenvalue weighted by Gasteiger charge is -2.13. The van der Waals surface area contributed by atoms with Gasteiger partial charge in [-0.1, -0.05) is 37.2 Å². The number of aromatic amines is 1. The first kappa shape index (κ1) is 17.8. The summed E-state index contributed by atoms with van der Waals surface area (Å²) in [5.74, 6) is 0.556. The number of hydrogen-bond donors (Lipinski definition) is 2. The van der Waals surface area contributed by atoms with Gasteiger partial charge in [0.15, 0.2) is 10.8 Å². The molecule has 1 unspecified atom stereocenters. The molecule has 0 saturated heterocycles. The van der Waals surface area contributed by atoms with E-state index in [9.17, 15) is 9.59 Å². The van der Waals surface area contributed by atoms with Gasteiger partial charge in [-0.15, -0.1) is 0 Å². The second-order valence-corrected chi connectivity index (χ2v) is 7.71. The molecular formula is C19H21N5O2S. The van der Waals surface area contributed by atoms with E-state index in [0.29, 0.717) is 21.9 Å². The summed E-state index contributed by atoms with van der Waals surface area (Å²) in [6.45, 7) is 2.17. The van der Waals surface area contributed by atoms with E-state index in [0.717, 1.165) is 18.5 Å². The molecule has 27 heavy (non-hydrogen) atoms. The first-order valence-corrected chi connectivity index (χ1v) is 10.1. The highest BCUT2D eigenvalue weighted by Crippen LogP contribution is 2.33.